The quantitative estimate of drug-likeness (QED) is 0.750. The van der Waals surface area contributed by atoms with Crippen LogP contribution in [0.2, 0.25) is 0 Å². The van der Waals surface area contributed by atoms with Crippen molar-refractivity contribution in [1.29, 1.82) is 0 Å². The maximum Gasteiger partial charge on any atom is 0.138 e. The van der Waals surface area contributed by atoms with Gasteiger partial charge in [0.05, 0.1) is 0 Å². The Kier molecular flexibility index (Phi) is 2.82. The molecule has 2 heterocycles. The molecule has 0 radical (unpaired) electrons. The summed E-state index contributed by atoms with van der Waals surface area (Å²) in [7, 11) is 1.96. The lowest BCUT2D eigenvalue weighted by Gasteiger charge is -2.27. The molecule has 0 saturated carbocycles. The number of hydrogen-bond acceptors (Lipinski definition) is 3. The van der Waals surface area contributed by atoms with Gasteiger partial charge in [-0.15, -0.1) is 0 Å². The molecule has 1 aromatic heterocycles. The first-order valence-corrected chi connectivity index (χ1v) is 5.29. The highest BCUT2D eigenvalue weighted by molar-refractivity contribution is 4.88. The van der Waals surface area contributed by atoms with Gasteiger partial charge in [0, 0.05) is 13.5 Å². The third kappa shape index (κ3) is 2.12. The van der Waals surface area contributed by atoms with Crippen molar-refractivity contribution in [2.75, 3.05) is 13.1 Å². The normalized spacial score (nSPS) is 27.9. The summed E-state index contributed by atoms with van der Waals surface area (Å²) in [5.74, 6) is 2.62. The first-order valence-electron chi connectivity index (χ1n) is 5.29. The van der Waals surface area contributed by atoms with Crippen LogP contribution in [0.1, 0.15) is 19.2 Å². The predicted molar refractivity (Wildman–Crippen MR) is 54.8 cm³/mol. The SMILES string of the molecule is CC1CNCC(Cc2ncnn2C)C1. The number of aryl methyl sites for hydroxylation is 1. The standard InChI is InChI=1S/C10H18N4/c1-8-3-9(6-11-5-8)4-10-12-7-13-14(10)2/h7-9,11H,3-6H2,1-2H3. The number of nitrogens with zero attached hydrogens (tertiary/aromatic N) is 3. The molecule has 78 valence electrons. The summed E-state index contributed by atoms with van der Waals surface area (Å²) in [6, 6.07) is 0. The Hall–Kier alpha value is -0.900. The molecular weight excluding hydrogens is 176 g/mol. The minimum Gasteiger partial charge on any atom is -0.316 e. The highest BCUT2D eigenvalue weighted by atomic mass is 15.3. The number of piperidine rings is 1. The molecule has 1 N–H and O–H groups in total. The molecule has 1 fully saturated rings. The third-order valence-electron chi connectivity index (χ3n) is 2.94. The predicted octanol–water partition coefficient (Wildman–Crippen LogP) is 0.603. The van der Waals surface area contributed by atoms with Crippen LogP contribution < -0.4 is 5.32 Å². The average molecular weight is 194 g/mol. The fourth-order valence-corrected chi connectivity index (χ4v) is 2.19. The van der Waals surface area contributed by atoms with E-state index in [1.165, 1.54) is 6.42 Å². The second-order valence-corrected chi connectivity index (χ2v) is 4.37. The van der Waals surface area contributed by atoms with E-state index in [0.717, 1.165) is 37.2 Å². The van der Waals surface area contributed by atoms with E-state index in [2.05, 4.69) is 22.3 Å². The molecule has 2 atom stereocenters. The minimum absolute atomic E-state index is 0.724. The van der Waals surface area contributed by atoms with Gasteiger partial charge in [-0.3, -0.25) is 4.68 Å². The van der Waals surface area contributed by atoms with Crippen molar-refractivity contribution in [2.24, 2.45) is 18.9 Å². The topological polar surface area (TPSA) is 42.7 Å². The van der Waals surface area contributed by atoms with Crippen molar-refractivity contribution in [2.45, 2.75) is 19.8 Å². The number of nitrogens with one attached hydrogen (secondary N) is 1. The van der Waals surface area contributed by atoms with Crippen molar-refractivity contribution < 1.29 is 0 Å². The second kappa shape index (κ2) is 4.09. The zero-order chi connectivity index (χ0) is 9.97. The monoisotopic (exact) mass is 194 g/mol. The number of rotatable bonds is 2. The molecule has 0 spiro atoms. The Morgan fingerprint density at radius 2 is 2.43 bits per heavy atom. The Bertz CT molecular complexity index is 294. The lowest BCUT2D eigenvalue weighted by molar-refractivity contribution is 0.296. The molecule has 14 heavy (non-hydrogen) atoms. The van der Waals surface area contributed by atoms with Crippen molar-refractivity contribution in [3.8, 4) is 0 Å². The Balaban J connectivity index is 1.94. The van der Waals surface area contributed by atoms with Crippen LogP contribution in [0.4, 0.5) is 0 Å². The van der Waals surface area contributed by atoms with Crippen molar-refractivity contribution in [3.63, 3.8) is 0 Å². The maximum atomic E-state index is 4.26. The lowest BCUT2D eigenvalue weighted by Crippen LogP contribution is -2.36. The van der Waals surface area contributed by atoms with Gasteiger partial charge in [-0.25, -0.2) is 4.98 Å². The molecule has 0 aromatic carbocycles. The Morgan fingerprint density at radius 1 is 1.57 bits per heavy atom. The molecule has 1 aromatic rings. The zero-order valence-electron chi connectivity index (χ0n) is 8.90. The van der Waals surface area contributed by atoms with Gasteiger partial charge in [-0.1, -0.05) is 6.92 Å². The summed E-state index contributed by atoms with van der Waals surface area (Å²) in [4.78, 5) is 4.26. The van der Waals surface area contributed by atoms with Gasteiger partial charge in [0.2, 0.25) is 0 Å². The van der Waals surface area contributed by atoms with Crippen LogP contribution in [-0.2, 0) is 13.5 Å². The van der Waals surface area contributed by atoms with Crippen LogP contribution in [0.3, 0.4) is 0 Å². The van der Waals surface area contributed by atoms with Crippen LogP contribution >= 0.6 is 0 Å². The molecule has 1 saturated heterocycles. The molecule has 2 unspecified atom stereocenters. The second-order valence-electron chi connectivity index (χ2n) is 4.37. The van der Waals surface area contributed by atoms with Gasteiger partial charge in [0.25, 0.3) is 0 Å². The van der Waals surface area contributed by atoms with Gasteiger partial charge in [0.15, 0.2) is 0 Å². The van der Waals surface area contributed by atoms with Crippen molar-refractivity contribution >= 4 is 0 Å². The smallest absolute Gasteiger partial charge is 0.138 e. The van der Waals surface area contributed by atoms with Gasteiger partial charge in [-0.05, 0) is 31.3 Å². The summed E-state index contributed by atoms with van der Waals surface area (Å²) in [6.07, 6.45) is 3.99. The fourth-order valence-electron chi connectivity index (χ4n) is 2.19. The molecule has 1 aliphatic heterocycles. The molecular formula is C10H18N4. The van der Waals surface area contributed by atoms with E-state index in [4.69, 9.17) is 0 Å². The van der Waals surface area contributed by atoms with Gasteiger partial charge in [0.1, 0.15) is 12.2 Å². The first-order chi connectivity index (χ1) is 6.75. The van der Waals surface area contributed by atoms with Gasteiger partial charge < -0.3 is 5.32 Å². The molecule has 0 amide bonds. The average Bonchev–Trinajstić information content (AvgIpc) is 2.52. The summed E-state index contributed by atoms with van der Waals surface area (Å²) in [5, 5.41) is 7.55. The fraction of sp³-hybridized carbons (Fsp3) is 0.800. The number of hydrogen-bond donors (Lipinski definition) is 1. The van der Waals surface area contributed by atoms with E-state index < -0.39 is 0 Å². The minimum atomic E-state index is 0.724. The van der Waals surface area contributed by atoms with E-state index in [-0.39, 0.29) is 0 Å². The molecule has 1 aliphatic rings. The van der Waals surface area contributed by atoms with Gasteiger partial charge >= 0.3 is 0 Å². The van der Waals surface area contributed by atoms with Gasteiger partial charge in [-0.2, -0.15) is 5.10 Å². The van der Waals surface area contributed by atoms with E-state index in [0.29, 0.717) is 0 Å². The van der Waals surface area contributed by atoms with E-state index in [1.807, 2.05) is 11.7 Å². The largest absolute Gasteiger partial charge is 0.316 e. The lowest BCUT2D eigenvalue weighted by atomic mass is 9.89. The van der Waals surface area contributed by atoms with Crippen LogP contribution in [0, 0.1) is 11.8 Å². The summed E-state index contributed by atoms with van der Waals surface area (Å²) < 4.78 is 1.87. The molecule has 0 bridgehead atoms. The summed E-state index contributed by atoms with van der Waals surface area (Å²) in [6.45, 7) is 4.59. The third-order valence-corrected chi connectivity index (χ3v) is 2.94. The molecule has 0 aliphatic carbocycles. The highest BCUT2D eigenvalue weighted by Crippen LogP contribution is 2.18. The van der Waals surface area contributed by atoms with Crippen LogP contribution in [0.5, 0.6) is 0 Å². The van der Waals surface area contributed by atoms with E-state index >= 15 is 0 Å². The van der Waals surface area contributed by atoms with Crippen molar-refractivity contribution in [3.05, 3.63) is 12.2 Å². The number of aromatic nitrogens is 3. The summed E-state index contributed by atoms with van der Waals surface area (Å²) in [5.41, 5.74) is 0. The molecule has 2 rings (SSSR count). The first kappa shape index (κ1) is 9.65. The maximum absolute atomic E-state index is 4.26. The van der Waals surface area contributed by atoms with Crippen LogP contribution in [0.25, 0.3) is 0 Å². The van der Waals surface area contributed by atoms with Crippen LogP contribution in [0.15, 0.2) is 6.33 Å². The van der Waals surface area contributed by atoms with E-state index in [9.17, 15) is 0 Å². The molecule has 4 nitrogen and oxygen atoms in total. The van der Waals surface area contributed by atoms with Crippen LogP contribution in [-0.4, -0.2) is 27.9 Å². The molecule has 4 heteroatoms. The van der Waals surface area contributed by atoms with Crippen molar-refractivity contribution in [1.82, 2.24) is 20.1 Å². The Morgan fingerprint density at radius 3 is 3.07 bits per heavy atom. The highest BCUT2D eigenvalue weighted by Gasteiger charge is 2.20. The van der Waals surface area contributed by atoms with E-state index in [1.54, 1.807) is 6.33 Å². The Labute approximate surface area is 84.7 Å². The zero-order valence-corrected chi connectivity index (χ0v) is 8.90. The summed E-state index contributed by atoms with van der Waals surface area (Å²) >= 11 is 0.